The van der Waals surface area contributed by atoms with Crippen LogP contribution in [0.2, 0.25) is 0 Å². The fourth-order valence-electron chi connectivity index (χ4n) is 3.95. The summed E-state index contributed by atoms with van der Waals surface area (Å²) in [5, 5.41) is 3.03. The minimum Gasteiger partial charge on any atom is -0.441 e. The van der Waals surface area contributed by atoms with Crippen LogP contribution >= 0.6 is 0 Å². The number of amides is 1. The van der Waals surface area contributed by atoms with E-state index in [4.69, 9.17) is 4.42 Å². The smallest absolute Gasteiger partial charge is 0.220 e. The zero-order valence-corrected chi connectivity index (χ0v) is 18.8. The molecule has 0 bridgehead atoms. The summed E-state index contributed by atoms with van der Waals surface area (Å²) in [4.78, 5) is 21.5. The van der Waals surface area contributed by atoms with Crippen molar-refractivity contribution in [3.63, 3.8) is 0 Å². The summed E-state index contributed by atoms with van der Waals surface area (Å²) in [6.07, 6.45) is 2.63. The zero-order chi connectivity index (χ0) is 22.2. The average molecular weight is 433 g/mol. The minimum absolute atomic E-state index is 0.0443. The van der Waals surface area contributed by atoms with Crippen molar-refractivity contribution < 1.29 is 9.21 Å². The molecule has 0 spiro atoms. The van der Waals surface area contributed by atoms with Gasteiger partial charge in [0.15, 0.2) is 11.7 Å². The van der Waals surface area contributed by atoms with Gasteiger partial charge in [0, 0.05) is 64.2 Å². The normalized spacial score (nSPS) is 15.0. The van der Waals surface area contributed by atoms with Crippen molar-refractivity contribution in [1.29, 1.82) is 0 Å². The van der Waals surface area contributed by atoms with E-state index in [-0.39, 0.29) is 5.91 Å². The molecule has 1 saturated heterocycles. The zero-order valence-electron chi connectivity index (χ0n) is 18.8. The average Bonchev–Trinajstić information content (AvgIpc) is 3.29. The van der Waals surface area contributed by atoms with Crippen molar-refractivity contribution >= 4 is 5.91 Å². The van der Waals surface area contributed by atoms with E-state index in [9.17, 15) is 4.79 Å². The van der Waals surface area contributed by atoms with Crippen LogP contribution in [0.25, 0.3) is 11.3 Å². The van der Waals surface area contributed by atoms with Gasteiger partial charge in [0.2, 0.25) is 5.91 Å². The van der Waals surface area contributed by atoms with Gasteiger partial charge in [-0.15, -0.1) is 0 Å². The third-order valence-electron chi connectivity index (χ3n) is 5.92. The van der Waals surface area contributed by atoms with E-state index >= 15 is 0 Å². The molecule has 0 aliphatic carbocycles. The van der Waals surface area contributed by atoms with Crippen LogP contribution in [-0.2, 0) is 17.8 Å². The van der Waals surface area contributed by atoms with Gasteiger partial charge in [0.05, 0.1) is 6.20 Å². The largest absolute Gasteiger partial charge is 0.441 e. The first kappa shape index (κ1) is 22.2. The number of hydrogen-bond acceptors (Lipinski definition) is 5. The first-order valence-corrected chi connectivity index (χ1v) is 11.4. The molecule has 1 amide bonds. The number of benzene rings is 2. The van der Waals surface area contributed by atoms with E-state index in [1.54, 1.807) is 6.20 Å². The number of oxazole rings is 1. The second-order valence-corrected chi connectivity index (χ2v) is 8.44. The van der Waals surface area contributed by atoms with Gasteiger partial charge in [-0.05, 0) is 12.5 Å². The lowest BCUT2D eigenvalue weighted by Gasteiger charge is -2.34. The highest BCUT2D eigenvalue weighted by Crippen LogP contribution is 2.21. The van der Waals surface area contributed by atoms with E-state index in [2.05, 4.69) is 57.4 Å². The van der Waals surface area contributed by atoms with Crippen molar-refractivity contribution in [3.05, 3.63) is 77.8 Å². The molecule has 2 aromatic carbocycles. The standard InChI is InChI=1S/C26H32N4O2/c1-21-7-9-23(10-8-21)24-19-28-26(32-24)12-11-25(31)27-13-14-29-15-17-30(18-16-29)20-22-5-3-2-4-6-22/h2-10,19H,11-18,20H2,1H3,(H,27,31). The van der Waals surface area contributed by atoms with E-state index in [1.165, 1.54) is 11.1 Å². The molecule has 1 aromatic heterocycles. The molecular formula is C26H32N4O2. The van der Waals surface area contributed by atoms with Crippen LogP contribution in [0.4, 0.5) is 0 Å². The third kappa shape index (κ3) is 6.52. The highest BCUT2D eigenvalue weighted by Gasteiger charge is 2.17. The Morgan fingerprint density at radius 3 is 2.47 bits per heavy atom. The molecule has 32 heavy (non-hydrogen) atoms. The molecule has 3 aromatic rings. The monoisotopic (exact) mass is 432 g/mol. The van der Waals surface area contributed by atoms with Gasteiger partial charge in [-0.2, -0.15) is 0 Å². The van der Waals surface area contributed by atoms with Gasteiger partial charge >= 0.3 is 0 Å². The lowest BCUT2D eigenvalue weighted by molar-refractivity contribution is -0.121. The van der Waals surface area contributed by atoms with Crippen LogP contribution in [-0.4, -0.2) is 60.0 Å². The highest BCUT2D eigenvalue weighted by atomic mass is 16.4. The van der Waals surface area contributed by atoms with Gasteiger partial charge in [0.25, 0.3) is 0 Å². The van der Waals surface area contributed by atoms with E-state index in [0.29, 0.717) is 25.3 Å². The fourth-order valence-corrected chi connectivity index (χ4v) is 3.95. The van der Waals surface area contributed by atoms with Crippen molar-refractivity contribution in [2.24, 2.45) is 0 Å². The Morgan fingerprint density at radius 2 is 1.72 bits per heavy atom. The lowest BCUT2D eigenvalue weighted by atomic mass is 10.1. The van der Waals surface area contributed by atoms with Gasteiger partial charge < -0.3 is 9.73 Å². The number of aromatic nitrogens is 1. The predicted molar refractivity (Wildman–Crippen MR) is 126 cm³/mol. The number of hydrogen-bond donors (Lipinski definition) is 1. The molecule has 1 aliphatic heterocycles. The summed E-state index contributed by atoms with van der Waals surface area (Å²) in [7, 11) is 0. The summed E-state index contributed by atoms with van der Waals surface area (Å²) in [5.74, 6) is 1.39. The van der Waals surface area contributed by atoms with Crippen molar-refractivity contribution in [1.82, 2.24) is 20.1 Å². The lowest BCUT2D eigenvalue weighted by Crippen LogP contribution is -2.48. The van der Waals surface area contributed by atoms with Gasteiger partial charge in [0.1, 0.15) is 0 Å². The first-order valence-electron chi connectivity index (χ1n) is 11.4. The topological polar surface area (TPSA) is 61.6 Å². The molecule has 6 heteroatoms. The fraction of sp³-hybridized carbons (Fsp3) is 0.385. The summed E-state index contributed by atoms with van der Waals surface area (Å²) in [5.41, 5.74) is 3.58. The Kier molecular flexibility index (Phi) is 7.69. The van der Waals surface area contributed by atoms with E-state index in [0.717, 1.165) is 50.6 Å². The Hall–Kier alpha value is -2.96. The Bertz CT molecular complexity index is 977. The van der Waals surface area contributed by atoms with Crippen LogP contribution in [0, 0.1) is 6.92 Å². The molecule has 4 rings (SSSR count). The number of carbonyl (C=O) groups excluding carboxylic acids is 1. The Balaban J connectivity index is 1.11. The molecule has 0 unspecified atom stereocenters. The van der Waals surface area contributed by atoms with Crippen molar-refractivity contribution in [2.75, 3.05) is 39.3 Å². The number of rotatable bonds is 9. The van der Waals surface area contributed by atoms with Crippen LogP contribution in [0.3, 0.4) is 0 Å². The maximum atomic E-state index is 12.2. The second-order valence-electron chi connectivity index (χ2n) is 8.44. The summed E-state index contributed by atoms with van der Waals surface area (Å²) < 4.78 is 5.81. The second kappa shape index (κ2) is 11.1. The molecule has 0 atom stereocenters. The van der Waals surface area contributed by atoms with Crippen molar-refractivity contribution in [2.45, 2.75) is 26.3 Å². The molecule has 0 saturated carbocycles. The number of nitrogens with one attached hydrogen (secondary N) is 1. The molecule has 2 heterocycles. The summed E-state index contributed by atoms with van der Waals surface area (Å²) in [6.45, 7) is 8.85. The molecule has 1 fully saturated rings. The summed E-state index contributed by atoms with van der Waals surface area (Å²) in [6, 6.07) is 18.8. The van der Waals surface area contributed by atoms with Crippen LogP contribution < -0.4 is 5.32 Å². The van der Waals surface area contributed by atoms with Crippen LogP contribution in [0.5, 0.6) is 0 Å². The third-order valence-corrected chi connectivity index (χ3v) is 5.92. The highest BCUT2D eigenvalue weighted by molar-refractivity contribution is 5.76. The maximum Gasteiger partial charge on any atom is 0.220 e. The predicted octanol–water partition coefficient (Wildman–Crippen LogP) is 3.52. The van der Waals surface area contributed by atoms with Gasteiger partial charge in [-0.3, -0.25) is 14.6 Å². The SMILES string of the molecule is Cc1ccc(-c2cnc(CCC(=O)NCCN3CCN(Cc4ccccc4)CC3)o2)cc1. The first-order chi connectivity index (χ1) is 15.7. The quantitative estimate of drug-likeness (QED) is 0.561. The number of aryl methyl sites for hydroxylation is 2. The van der Waals surface area contributed by atoms with Crippen LogP contribution in [0.15, 0.2) is 65.2 Å². The number of carbonyl (C=O) groups is 1. The molecular weight excluding hydrogens is 400 g/mol. The number of piperazine rings is 1. The molecule has 0 radical (unpaired) electrons. The van der Waals surface area contributed by atoms with Crippen molar-refractivity contribution in [3.8, 4) is 11.3 Å². The Labute approximate surface area is 190 Å². The molecule has 168 valence electrons. The molecule has 1 N–H and O–H groups in total. The summed E-state index contributed by atoms with van der Waals surface area (Å²) >= 11 is 0. The molecule has 1 aliphatic rings. The van der Waals surface area contributed by atoms with Crippen LogP contribution in [0.1, 0.15) is 23.4 Å². The van der Waals surface area contributed by atoms with Gasteiger partial charge in [-0.1, -0.05) is 60.2 Å². The Morgan fingerprint density at radius 1 is 1.00 bits per heavy atom. The van der Waals surface area contributed by atoms with E-state index < -0.39 is 0 Å². The molecule has 6 nitrogen and oxygen atoms in total. The van der Waals surface area contributed by atoms with Gasteiger partial charge in [-0.25, -0.2) is 4.98 Å². The minimum atomic E-state index is 0.0443. The van der Waals surface area contributed by atoms with E-state index in [1.807, 2.05) is 24.3 Å². The maximum absolute atomic E-state index is 12.2. The number of nitrogens with zero attached hydrogens (tertiary/aromatic N) is 3.